The Kier molecular flexibility index (Phi) is 4.53. The van der Waals surface area contributed by atoms with Crippen LogP contribution >= 0.6 is 0 Å². The van der Waals surface area contributed by atoms with Gasteiger partial charge in [-0.2, -0.15) is 5.10 Å². The number of carbonyl (C=O) groups is 1. The van der Waals surface area contributed by atoms with E-state index >= 15 is 0 Å². The fraction of sp³-hybridized carbons (Fsp3) is 0.474. The number of benzene rings is 1. The van der Waals surface area contributed by atoms with E-state index in [1.165, 1.54) is 18.9 Å². The standard InChI is InChI=1S/C19H24FN5O/c1-24-18(10-16(23-24)14-6-7-14)22-19(26)21-11-13-8-9-25(12-13)17-5-3-2-4-15(17)20/h2-5,10,13-14H,6-9,11-12H2,1H3,(H2,21,22,26)/t13-/m0/s1. The molecule has 1 aromatic heterocycles. The lowest BCUT2D eigenvalue weighted by molar-refractivity contribution is 0.250. The highest BCUT2D eigenvalue weighted by Gasteiger charge is 2.27. The smallest absolute Gasteiger partial charge is 0.320 e. The third-order valence-electron chi connectivity index (χ3n) is 5.17. The van der Waals surface area contributed by atoms with Crippen LogP contribution in [0.1, 0.15) is 30.9 Å². The number of aromatic nitrogens is 2. The van der Waals surface area contributed by atoms with Gasteiger partial charge in [-0.25, -0.2) is 9.18 Å². The monoisotopic (exact) mass is 357 g/mol. The van der Waals surface area contributed by atoms with Crippen molar-refractivity contribution in [1.29, 1.82) is 0 Å². The lowest BCUT2D eigenvalue weighted by Crippen LogP contribution is -2.34. The molecular weight excluding hydrogens is 333 g/mol. The molecule has 1 aliphatic carbocycles. The number of nitrogens with one attached hydrogen (secondary N) is 2. The van der Waals surface area contributed by atoms with Crippen LogP contribution in [0.4, 0.5) is 20.7 Å². The number of aryl methyl sites for hydroxylation is 1. The van der Waals surface area contributed by atoms with Crippen LogP contribution in [-0.4, -0.2) is 35.4 Å². The largest absolute Gasteiger partial charge is 0.369 e. The Morgan fingerprint density at radius 1 is 1.31 bits per heavy atom. The van der Waals surface area contributed by atoms with Crippen LogP contribution in [0.15, 0.2) is 30.3 Å². The van der Waals surface area contributed by atoms with E-state index in [0.29, 0.717) is 29.9 Å². The van der Waals surface area contributed by atoms with E-state index in [9.17, 15) is 9.18 Å². The van der Waals surface area contributed by atoms with Gasteiger partial charge in [-0.3, -0.25) is 10.00 Å². The minimum atomic E-state index is -0.223. The van der Waals surface area contributed by atoms with Gasteiger partial charge in [0.05, 0.1) is 11.4 Å². The molecule has 6 nitrogen and oxygen atoms in total. The summed E-state index contributed by atoms with van der Waals surface area (Å²) in [5, 5.41) is 10.2. The summed E-state index contributed by atoms with van der Waals surface area (Å²) in [5.74, 6) is 1.39. The van der Waals surface area contributed by atoms with Crippen molar-refractivity contribution in [2.45, 2.75) is 25.2 Å². The van der Waals surface area contributed by atoms with Crippen molar-refractivity contribution in [3.05, 3.63) is 41.8 Å². The molecule has 1 saturated heterocycles. The first kappa shape index (κ1) is 16.9. The summed E-state index contributed by atoms with van der Waals surface area (Å²) < 4.78 is 15.6. The van der Waals surface area contributed by atoms with E-state index in [2.05, 4.69) is 15.7 Å². The van der Waals surface area contributed by atoms with Crippen molar-refractivity contribution in [3.63, 3.8) is 0 Å². The predicted octanol–water partition coefficient (Wildman–Crippen LogP) is 3.08. The Hall–Kier alpha value is -2.57. The Bertz CT molecular complexity index is 801. The summed E-state index contributed by atoms with van der Waals surface area (Å²) in [6, 6.07) is 8.56. The van der Waals surface area contributed by atoms with E-state index in [-0.39, 0.29) is 11.8 Å². The van der Waals surface area contributed by atoms with Gasteiger partial charge in [0.25, 0.3) is 0 Å². The molecule has 2 aliphatic rings. The molecule has 1 atom stereocenters. The van der Waals surface area contributed by atoms with E-state index in [1.54, 1.807) is 16.8 Å². The Morgan fingerprint density at radius 2 is 2.12 bits per heavy atom. The van der Waals surface area contributed by atoms with E-state index in [4.69, 9.17) is 0 Å². The van der Waals surface area contributed by atoms with Gasteiger partial charge in [-0.05, 0) is 37.3 Å². The number of nitrogens with zero attached hydrogens (tertiary/aromatic N) is 3. The SMILES string of the molecule is Cn1nc(C2CC2)cc1NC(=O)NC[C@@H]1CCN(c2ccccc2F)C1. The quantitative estimate of drug-likeness (QED) is 0.864. The van der Waals surface area contributed by atoms with Gasteiger partial charge >= 0.3 is 6.03 Å². The lowest BCUT2D eigenvalue weighted by Gasteiger charge is -2.19. The maximum atomic E-state index is 13.9. The molecule has 0 radical (unpaired) electrons. The molecule has 0 spiro atoms. The molecule has 1 aliphatic heterocycles. The zero-order valence-electron chi connectivity index (χ0n) is 14.9. The second-order valence-corrected chi connectivity index (χ2v) is 7.24. The van der Waals surface area contributed by atoms with Gasteiger partial charge in [-0.15, -0.1) is 0 Å². The lowest BCUT2D eigenvalue weighted by atomic mass is 10.1. The highest BCUT2D eigenvalue weighted by Crippen LogP contribution is 2.39. The van der Waals surface area contributed by atoms with E-state index in [1.807, 2.05) is 24.1 Å². The molecule has 0 unspecified atom stereocenters. The molecule has 2 N–H and O–H groups in total. The molecule has 2 amide bonds. The number of rotatable bonds is 5. The van der Waals surface area contributed by atoms with Gasteiger partial charge in [0.2, 0.25) is 0 Å². The topological polar surface area (TPSA) is 62.2 Å². The third kappa shape index (κ3) is 3.66. The summed E-state index contributed by atoms with van der Waals surface area (Å²) in [5.41, 5.74) is 1.70. The van der Waals surface area contributed by atoms with E-state index in [0.717, 1.165) is 25.2 Å². The number of halogens is 1. The maximum Gasteiger partial charge on any atom is 0.320 e. The summed E-state index contributed by atoms with van der Waals surface area (Å²) in [6.45, 7) is 2.13. The highest BCUT2D eigenvalue weighted by atomic mass is 19.1. The molecule has 2 aromatic rings. The van der Waals surface area contributed by atoms with Gasteiger partial charge in [0.1, 0.15) is 11.6 Å². The molecule has 1 saturated carbocycles. The fourth-order valence-electron chi connectivity index (χ4n) is 3.51. The van der Waals surface area contributed by atoms with Crippen molar-refractivity contribution < 1.29 is 9.18 Å². The van der Waals surface area contributed by atoms with Crippen LogP contribution < -0.4 is 15.5 Å². The first-order chi connectivity index (χ1) is 12.6. The fourth-order valence-corrected chi connectivity index (χ4v) is 3.51. The summed E-state index contributed by atoms with van der Waals surface area (Å²) in [4.78, 5) is 14.2. The summed E-state index contributed by atoms with van der Waals surface area (Å²) in [7, 11) is 1.84. The van der Waals surface area contributed by atoms with Gasteiger partial charge in [0, 0.05) is 38.7 Å². The number of hydrogen-bond donors (Lipinski definition) is 2. The maximum absolute atomic E-state index is 13.9. The van der Waals surface area contributed by atoms with Crippen LogP contribution in [0.2, 0.25) is 0 Å². The molecule has 138 valence electrons. The van der Waals surface area contributed by atoms with Gasteiger partial charge in [0.15, 0.2) is 0 Å². The number of carbonyl (C=O) groups excluding carboxylic acids is 1. The highest BCUT2D eigenvalue weighted by molar-refractivity contribution is 5.88. The van der Waals surface area contributed by atoms with Crippen LogP contribution in [0.25, 0.3) is 0 Å². The van der Waals surface area contributed by atoms with Crippen molar-refractivity contribution in [3.8, 4) is 0 Å². The van der Waals surface area contributed by atoms with Gasteiger partial charge in [-0.1, -0.05) is 12.1 Å². The minimum Gasteiger partial charge on any atom is -0.369 e. The predicted molar refractivity (Wildman–Crippen MR) is 98.9 cm³/mol. The number of hydrogen-bond acceptors (Lipinski definition) is 3. The zero-order valence-corrected chi connectivity index (χ0v) is 14.9. The average molecular weight is 357 g/mol. The number of urea groups is 1. The van der Waals surface area contributed by atoms with Crippen molar-refractivity contribution in [2.75, 3.05) is 29.9 Å². The molecular formula is C19H24FN5O. The molecule has 7 heteroatoms. The van der Waals surface area contributed by atoms with Crippen LogP contribution in [-0.2, 0) is 7.05 Å². The van der Waals surface area contributed by atoms with Gasteiger partial charge < -0.3 is 10.2 Å². The molecule has 2 heterocycles. The number of para-hydroxylation sites is 1. The van der Waals surface area contributed by atoms with E-state index < -0.39 is 0 Å². The molecule has 1 aromatic carbocycles. The second-order valence-electron chi connectivity index (χ2n) is 7.24. The second kappa shape index (κ2) is 6.97. The van der Waals surface area contributed by atoms with Crippen molar-refractivity contribution in [1.82, 2.24) is 15.1 Å². The van der Waals surface area contributed by atoms with Crippen LogP contribution in [0.5, 0.6) is 0 Å². The zero-order chi connectivity index (χ0) is 18.1. The summed E-state index contributed by atoms with van der Waals surface area (Å²) in [6.07, 6.45) is 3.30. The molecule has 2 fully saturated rings. The molecule has 4 rings (SSSR count). The van der Waals surface area contributed by atoms with Crippen molar-refractivity contribution in [2.24, 2.45) is 13.0 Å². The van der Waals surface area contributed by atoms with Crippen LogP contribution in [0.3, 0.4) is 0 Å². The Morgan fingerprint density at radius 3 is 2.88 bits per heavy atom. The Balaban J connectivity index is 1.27. The first-order valence-electron chi connectivity index (χ1n) is 9.18. The third-order valence-corrected chi connectivity index (χ3v) is 5.17. The Labute approximate surface area is 152 Å². The first-order valence-corrected chi connectivity index (χ1v) is 9.18. The summed E-state index contributed by atoms with van der Waals surface area (Å²) >= 11 is 0. The molecule has 0 bridgehead atoms. The molecule has 26 heavy (non-hydrogen) atoms. The number of amides is 2. The average Bonchev–Trinajstić information content (AvgIpc) is 3.27. The van der Waals surface area contributed by atoms with Crippen molar-refractivity contribution >= 4 is 17.5 Å². The van der Waals surface area contributed by atoms with Crippen LogP contribution in [0, 0.1) is 11.7 Å². The number of anilines is 2. The normalized spacial score (nSPS) is 19.6. The minimum absolute atomic E-state index is 0.193.